The molecule has 0 bridgehead atoms. The lowest BCUT2D eigenvalue weighted by Gasteiger charge is -2.10. The average Bonchev–Trinajstić information content (AvgIpc) is 2.70. The van der Waals surface area contributed by atoms with Crippen LogP contribution >= 0.6 is 0 Å². The van der Waals surface area contributed by atoms with E-state index in [9.17, 15) is 18.8 Å². The van der Waals surface area contributed by atoms with Crippen molar-refractivity contribution >= 4 is 23.5 Å². The molecule has 0 aliphatic rings. The van der Waals surface area contributed by atoms with Crippen molar-refractivity contribution in [1.29, 1.82) is 0 Å². The molecule has 7 heteroatoms. The number of halogens is 1. The van der Waals surface area contributed by atoms with E-state index in [-0.39, 0.29) is 24.7 Å². The molecule has 0 radical (unpaired) electrons. The third-order valence-electron chi connectivity index (χ3n) is 4.01. The Morgan fingerprint density at radius 2 is 1.71 bits per heavy atom. The van der Waals surface area contributed by atoms with Crippen molar-refractivity contribution in [2.24, 2.45) is 0 Å². The van der Waals surface area contributed by atoms with Crippen LogP contribution < -0.4 is 10.6 Å². The fourth-order valence-corrected chi connectivity index (χ4v) is 2.49. The summed E-state index contributed by atoms with van der Waals surface area (Å²) in [4.78, 5) is 35.4. The molecular weight excluding hydrogens is 363 g/mol. The minimum atomic E-state index is -0.561. The molecule has 0 atom stereocenters. The summed E-state index contributed by atoms with van der Waals surface area (Å²) in [6, 6.07) is 13.2. The summed E-state index contributed by atoms with van der Waals surface area (Å²) in [5, 5.41) is 5.14. The Morgan fingerprint density at radius 1 is 1.00 bits per heavy atom. The van der Waals surface area contributed by atoms with E-state index in [2.05, 4.69) is 10.6 Å². The van der Waals surface area contributed by atoms with Gasteiger partial charge in [-0.05, 0) is 42.2 Å². The Hall–Kier alpha value is -3.22. The molecular formula is C21H23FN2O4. The van der Waals surface area contributed by atoms with Crippen LogP contribution in [0.2, 0.25) is 0 Å². The molecule has 2 rings (SSSR count). The number of hydrogen-bond donors (Lipinski definition) is 2. The van der Waals surface area contributed by atoms with Gasteiger partial charge in [0, 0.05) is 12.1 Å². The Bertz CT molecular complexity index is 821. The Balaban J connectivity index is 1.65. The van der Waals surface area contributed by atoms with Gasteiger partial charge in [0.2, 0.25) is 5.91 Å². The molecule has 0 aromatic heterocycles. The van der Waals surface area contributed by atoms with Gasteiger partial charge in [0.1, 0.15) is 5.82 Å². The number of amides is 2. The van der Waals surface area contributed by atoms with Crippen LogP contribution in [0.15, 0.2) is 48.5 Å². The van der Waals surface area contributed by atoms with Crippen LogP contribution in [-0.2, 0) is 32.0 Å². The number of esters is 1. The Morgan fingerprint density at radius 3 is 2.43 bits per heavy atom. The minimum absolute atomic E-state index is 0.0766. The second-order valence-electron chi connectivity index (χ2n) is 6.12. The molecule has 2 amide bonds. The third-order valence-corrected chi connectivity index (χ3v) is 4.01. The Kier molecular flexibility index (Phi) is 8.14. The standard InChI is InChI=1S/C21H23FN2O4/c1-2-16-5-3-4-6-18(16)24-19(25)13-23-20(26)14-28-21(27)12-9-15-7-10-17(22)11-8-15/h3-8,10-11H,2,9,12-14H2,1H3,(H,23,26)(H,24,25). The molecule has 2 N–H and O–H groups in total. The van der Waals surface area contributed by atoms with E-state index in [0.29, 0.717) is 12.1 Å². The first-order valence-electron chi connectivity index (χ1n) is 9.02. The van der Waals surface area contributed by atoms with Gasteiger partial charge in [-0.3, -0.25) is 14.4 Å². The van der Waals surface area contributed by atoms with Crippen molar-refractivity contribution in [1.82, 2.24) is 5.32 Å². The fraction of sp³-hybridized carbons (Fsp3) is 0.286. The molecule has 0 spiro atoms. The fourth-order valence-electron chi connectivity index (χ4n) is 2.49. The lowest BCUT2D eigenvalue weighted by atomic mass is 10.1. The second-order valence-corrected chi connectivity index (χ2v) is 6.12. The predicted molar refractivity (Wildman–Crippen MR) is 103 cm³/mol. The third kappa shape index (κ3) is 7.19. The summed E-state index contributed by atoms with van der Waals surface area (Å²) in [6.45, 7) is 1.31. The zero-order valence-corrected chi connectivity index (χ0v) is 15.7. The molecule has 0 aliphatic carbocycles. The highest BCUT2D eigenvalue weighted by Gasteiger charge is 2.10. The van der Waals surface area contributed by atoms with Crippen molar-refractivity contribution in [3.05, 3.63) is 65.5 Å². The van der Waals surface area contributed by atoms with Crippen LogP contribution in [0.3, 0.4) is 0 Å². The monoisotopic (exact) mass is 386 g/mol. The normalized spacial score (nSPS) is 10.2. The van der Waals surface area contributed by atoms with Gasteiger partial charge in [-0.1, -0.05) is 37.3 Å². The van der Waals surface area contributed by atoms with E-state index in [4.69, 9.17) is 4.74 Å². The number of hydrogen-bond acceptors (Lipinski definition) is 4. The van der Waals surface area contributed by atoms with Gasteiger partial charge in [-0.2, -0.15) is 0 Å². The highest BCUT2D eigenvalue weighted by Crippen LogP contribution is 2.14. The van der Waals surface area contributed by atoms with Crippen molar-refractivity contribution in [2.75, 3.05) is 18.5 Å². The number of benzene rings is 2. The van der Waals surface area contributed by atoms with Crippen molar-refractivity contribution in [3.63, 3.8) is 0 Å². The average molecular weight is 386 g/mol. The number of anilines is 1. The van der Waals surface area contributed by atoms with Gasteiger partial charge in [0.25, 0.3) is 5.91 Å². The van der Waals surface area contributed by atoms with Gasteiger partial charge in [0.15, 0.2) is 6.61 Å². The summed E-state index contributed by atoms with van der Waals surface area (Å²) in [5.74, 6) is -1.81. The topological polar surface area (TPSA) is 84.5 Å². The molecule has 0 heterocycles. The van der Waals surface area contributed by atoms with Gasteiger partial charge in [-0.15, -0.1) is 0 Å². The van der Waals surface area contributed by atoms with Gasteiger partial charge in [0.05, 0.1) is 6.54 Å². The molecule has 6 nitrogen and oxygen atoms in total. The maximum absolute atomic E-state index is 12.8. The largest absolute Gasteiger partial charge is 0.456 e. The smallest absolute Gasteiger partial charge is 0.306 e. The van der Waals surface area contributed by atoms with Crippen LogP contribution in [-0.4, -0.2) is 30.9 Å². The molecule has 0 saturated heterocycles. The molecule has 148 valence electrons. The van der Waals surface area contributed by atoms with Crippen molar-refractivity contribution in [3.8, 4) is 0 Å². The first kappa shape index (κ1) is 21.1. The highest BCUT2D eigenvalue weighted by atomic mass is 19.1. The number of carbonyl (C=O) groups excluding carboxylic acids is 3. The lowest BCUT2D eigenvalue weighted by Crippen LogP contribution is -2.35. The molecule has 2 aromatic carbocycles. The SMILES string of the molecule is CCc1ccccc1NC(=O)CNC(=O)COC(=O)CCc1ccc(F)cc1. The number of nitrogens with one attached hydrogen (secondary N) is 2. The minimum Gasteiger partial charge on any atom is -0.456 e. The van der Waals surface area contributed by atoms with Crippen LogP contribution in [0.25, 0.3) is 0 Å². The van der Waals surface area contributed by atoms with Gasteiger partial charge in [-0.25, -0.2) is 4.39 Å². The number of rotatable bonds is 9. The number of para-hydroxylation sites is 1. The zero-order valence-electron chi connectivity index (χ0n) is 15.7. The number of aryl methyl sites for hydroxylation is 2. The van der Waals surface area contributed by atoms with Crippen LogP contribution in [0.1, 0.15) is 24.5 Å². The molecule has 0 saturated carbocycles. The van der Waals surface area contributed by atoms with E-state index < -0.39 is 18.5 Å². The number of carbonyl (C=O) groups is 3. The summed E-state index contributed by atoms with van der Waals surface area (Å²) in [5.41, 5.74) is 2.50. The quantitative estimate of drug-likeness (QED) is 0.649. The number of ether oxygens (including phenoxy) is 1. The molecule has 0 fully saturated rings. The first-order chi connectivity index (χ1) is 13.5. The van der Waals surface area contributed by atoms with Crippen LogP contribution in [0, 0.1) is 5.82 Å². The van der Waals surface area contributed by atoms with Gasteiger partial charge < -0.3 is 15.4 Å². The molecule has 28 heavy (non-hydrogen) atoms. The molecule has 0 aliphatic heterocycles. The maximum Gasteiger partial charge on any atom is 0.306 e. The van der Waals surface area contributed by atoms with E-state index in [0.717, 1.165) is 17.5 Å². The van der Waals surface area contributed by atoms with Crippen molar-refractivity contribution in [2.45, 2.75) is 26.2 Å². The molecule has 2 aromatic rings. The van der Waals surface area contributed by atoms with E-state index in [1.54, 1.807) is 18.2 Å². The summed E-state index contributed by atoms with van der Waals surface area (Å²) in [6.07, 6.45) is 1.24. The lowest BCUT2D eigenvalue weighted by molar-refractivity contribution is -0.148. The summed E-state index contributed by atoms with van der Waals surface area (Å²) < 4.78 is 17.7. The summed E-state index contributed by atoms with van der Waals surface area (Å²) >= 11 is 0. The predicted octanol–water partition coefficient (Wildman–Crippen LogP) is 2.62. The summed E-state index contributed by atoms with van der Waals surface area (Å²) in [7, 11) is 0. The van der Waals surface area contributed by atoms with E-state index in [1.807, 2.05) is 25.1 Å². The van der Waals surface area contributed by atoms with Gasteiger partial charge >= 0.3 is 5.97 Å². The van der Waals surface area contributed by atoms with Crippen LogP contribution in [0.4, 0.5) is 10.1 Å². The van der Waals surface area contributed by atoms with Crippen molar-refractivity contribution < 1.29 is 23.5 Å². The highest BCUT2D eigenvalue weighted by molar-refractivity contribution is 5.95. The zero-order chi connectivity index (χ0) is 20.4. The Labute approximate surface area is 163 Å². The first-order valence-corrected chi connectivity index (χ1v) is 9.02. The maximum atomic E-state index is 12.8. The second kappa shape index (κ2) is 10.8. The van der Waals surface area contributed by atoms with E-state index >= 15 is 0 Å². The molecule has 0 unspecified atom stereocenters. The van der Waals surface area contributed by atoms with Crippen LogP contribution in [0.5, 0.6) is 0 Å². The van der Waals surface area contributed by atoms with E-state index in [1.165, 1.54) is 12.1 Å².